The van der Waals surface area contributed by atoms with Crippen LogP contribution in [0.1, 0.15) is 34.7 Å². The highest BCUT2D eigenvalue weighted by Crippen LogP contribution is 2.44. The van der Waals surface area contributed by atoms with Crippen LogP contribution in [0.4, 0.5) is 5.69 Å². The summed E-state index contributed by atoms with van der Waals surface area (Å²) in [6, 6.07) is 24.5. The van der Waals surface area contributed by atoms with Gasteiger partial charge in [-0.2, -0.15) is 0 Å². The molecule has 2 atom stereocenters. The van der Waals surface area contributed by atoms with Crippen LogP contribution in [0.5, 0.6) is 11.5 Å². The van der Waals surface area contributed by atoms with Crippen molar-refractivity contribution in [3.05, 3.63) is 102 Å². The Bertz CT molecular complexity index is 1370. The van der Waals surface area contributed by atoms with Gasteiger partial charge in [0.15, 0.2) is 16.6 Å². The van der Waals surface area contributed by atoms with Gasteiger partial charge in [0.05, 0.1) is 17.8 Å². The molecule has 0 unspecified atom stereocenters. The normalized spacial score (nSPS) is 18.9. The van der Waals surface area contributed by atoms with Crippen LogP contribution in [0.25, 0.3) is 5.69 Å². The number of fused-ring (bicyclic) bond motifs is 1. The SMILES string of the molecule is Cc1cc([C@H]2[C@H](c3ccccn3)NC(=S)N2c2ccccc2)c(C)n1-c1ccc2c(c1)OCO2. The lowest BCUT2D eigenvalue weighted by Gasteiger charge is -2.28. The summed E-state index contributed by atoms with van der Waals surface area (Å²) in [7, 11) is 0. The van der Waals surface area contributed by atoms with E-state index < -0.39 is 0 Å². The van der Waals surface area contributed by atoms with Gasteiger partial charge >= 0.3 is 0 Å². The van der Waals surface area contributed by atoms with E-state index in [1.165, 1.54) is 5.56 Å². The number of nitrogens with one attached hydrogen (secondary N) is 1. The lowest BCUT2D eigenvalue weighted by Crippen LogP contribution is -2.29. The van der Waals surface area contributed by atoms with Crippen LogP contribution in [0.2, 0.25) is 0 Å². The van der Waals surface area contributed by atoms with E-state index in [0.717, 1.165) is 40.0 Å². The summed E-state index contributed by atoms with van der Waals surface area (Å²) >= 11 is 5.86. The molecule has 2 aromatic carbocycles. The number of hydrogen-bond acceptors (Lipinski definition) is 4. The number of pyridine rings is 1. The Morgan fingerprint density at radius 3 is 2.50 bits per heavy atom. The number of nitrogens with zero attached hydrogens (tertiary/aromatic N) is 3. The van der Waals surface area contributed by atoms with Gasteiger partial charge in [-0.1, -0.05) is 24.3 Å². The maximum absolute atomic E-state index is 5.86. The molecule has 1 N–H and O–H groups in total. The van der Waals surface area contributed by atoms with Crippen LogP contribution >= 0.6 is 12.2 Å². The molecule has 0 spiro atoms. The molecule has 0 saturated carbocycles. The minimum Gasteiger partial charge on any atom is -0.454 e. The van der Waals surface area contributed by atoms with Crippen LogP contribution in [0.15, 0.2) is 79.0 Å². The molecule has 7 heteroatoms. The fraction of sp³-hybridized carbons (Fsp3) is 0.185. The molecule has 2 aromatic heterocycles. The zero-order chi connectivity index (χ0) is 23.2. The van der Waals surface area contributed by atoms with Crippen LogP contribution in [-0.4, -0.2) is 21.5 Å². The summed E-state index contributed by atoms with van der Waals surface area (Å²) in [6.45, 7) is 4.55. The first-order valence-electron chi connectivity index (χ1n) is 11.3. The number of hydrogen-bond donors (Lipinski definition) is 1. The number of para-hydroxylation sites is 1. The number of rotatable bonds is 4. The molecule has 170 valence electrons. The first kappa shape index (κ1) is 20.7. The lowest BCUT2D eigenvalue weighted by atomic mass is 9.96. The highest BCUT2D eigenvalue weighted by Gasteiger charge is 2.42. The molecular formula is C27H24N4O2S. The van der Waals surface area contributed by atoms with Crippen molar-refractivity contribution >= 4 is 23.0 Å². The third-order valence-electron chi connectivity index (χ3n) is 6.54. The molecule has 2 aliphatic heterocycles. The van der Waals surface area contributed by atoms with Gasteiger partial charge in [0, 0.05) is 35.0 Å². The number of aromatic nitrogens is 2. The molecule has 0 amide bonds. The molecule has 2 aliphatic rings. The second kappa shape index (κ2) is 8.18. The molecule has 4 aromatic rings. The van der Waals surface area contributed by atoms with E-state index in [1.807, 2.05) is 48.7 Å². The first-order chi connectivity index (χ1) is 16.6. The van der Waals surface area contributed by atoms with Crippen LogP contribution < -0.4 is 19.7 Å². The zero-order valence-corrected chi connectivity index (χ0v) is 19.8. The molecule has 6 nitrogen and oxygen atoms in total. The monoisotopic (exact) mass is 468 g/mol. The number of anilines is 1. The second-order valence-electron chi connectivity index (χ2n) is 8.53. The number of thiocarbonyl (C=S) groups is 1. The first-order valence-corrected chi connectivity index (χ1v) is 11.7. The molecule has 0 aliphatic carbocycles. The minimum absolute atomic E-state index is 0.0567. The molecule has 34 heavy (non-hydrogen) atoms. The van der Waals surface area contributed by atoms with Crippen molar-refractivity contribution in [1.29, 1.82) is 0 Å². The molecule has 1 saturated heterocycles. The summed E-state index contributed by atoms with van der Waals surface area (Å²) in [5.41, 5.74) is 6.53. The van der Waals surface area contributed by atoms with Crippen molar-refractivity contribution in [2.24, 2.45) is 0 Å². The van der Waals surface area contributed by atoms with Crippen LogP contribution in [-0.2, 0) is 0 Å². The fourth-order valence-corrected chi connectivity index (χ4v) is 5.39. The van der Waals surface area contributed by atoms with E-state index in [4.69, 9.17) is 21.7 Å². The van der Waals surface area contributed by atoms with Crippen molar-refractivity contribution in [3.63, 3.8) is 0 Å². The Hall–Kier alpha value is -3.84. The van der Waals surface area contributed by atoms with Gasteiger partial charge in [0.2, 0.25) is 6.79 Å². The van der Waals surface area contributed by atoms with Crippen molar-refractivity contribution in [1.82, 2.24) is 14.9 Å². The fourth-order valence-electron chi connectivity index (χ4n) is 5.05. The third-order valence-corrected chi connectivity index (χ3v) is 6.85. The minimum atomic E-state index is -0.0837. The van der Waals surface area contributed by atoms with Gasteiger partial charge in [-0.05, 0) is 74.1 Å². The van der Waals surface area contributed by atoms with Gasteiger partial charge in [0.25, 0.3) is 0 Å². The van der Waals surface area contributed by atoms with Gasteiger partial charge in [-0.15, -0.1) is 0 Å². The predicted octanol–water partition coefficient (Wildman–Crippen LogP) is 5.39. The van der Waals surface area contributed by atoms with Gasteiger partial charge in [-0.3, -0.25) is 4.98 Å². The van der Waals surface area contributed by atoms with Gasteiger partial charge in [-0.25, -0.2) is 0 Å². The Balaban J connectivity index is 1.50. The van der Waals surface area contributed by atoms with Crippen LogP contribution in [0, 0.1) is 13.8 Å². The zero-order valence-electron chi connectivity index (χ0n) is 18.9. The van der Waals surface area contributed by atoms with Gasteiger partial charge in [0.1, 0.15) is 0 Å². The van der Waals surface area contributed by atoms with E-state index >= 15 is 0 Å². The molecule has 1 fully saturated rings. The van der Waals surface area contributed by atoms with Crippen LogP contribution in [0.3, 0.4) is 0 Å². The molecule has 6 rings (SSSR count). The standard InChI is InChI=1S/C27H24N4O2S/c1-17-14-21(18(2)30(17)20-11-12-23-24(15-20)33-16-32-23)26-25(22-10-6-7-13-28-22)29-27(34)31(26)19-8-4-3-5-9-19/h3-15,25-26H,16H2,1-2H3,(H,29,34)/t25-,26-/m0/s1. The average Bonchev–Trinajstić information content (AvgIpc) is 3.54. The predicted molar refractivity (Wildman–Crippen MR) is 136 cm³/mol. The van der Waals surface area contributed by atoms with E-state index in [0.29, 0.717) is 5.11 Å². The quantitative estimate of drug-likeness (QED) is 0.405. The Morgan fingerprint density at radius 1 is 0.912 bits per heavy atom. The lowest BCUT2D eigenvalue weighted by molar-refractivity contribution is 0.174. The van der Waals surface area contributed by atoms with Crippen molar-refractivity contribution in [2.45, 2.75) is 25.9 Å². The molecular weight excluding hydrogens is 444 g/mol. The maximum Gasteiger partial charge on any atom is 0.231 e. The van der Waals surface area contributed by atoms with Gasteiger partial charge < -0.3 is 24.3 Å². The number of aryl methyl sites for hydroxylation is 1. The summed E-state index contributed by atoms with van der Waals surface area (Å²) < 4.78 is 13.4. The van der Waals surface area contributed by atoms with Crippen molar-refractivity contribution in [2.75, 3.05) is 11.7 Å². The Morgan fingerprint density at radius 2 is 1.71 bits per heavy atom. The van der Waals surface area contributed by atoms with E-state index in [2.05, 4.69) is 63.9 Å². The largest absolute Gasteiger partial charge is 0.454 e. The Kier molecular flexibility index (Phi) is 4.99. The molecule has 0 bridgehead atoms. The summed E-state index contributed by atoms with van der Waals surface area (Å²) in [4.78, 5) is 6.88. The smallest absolute Gasteiger partial charge is 0.231 e. The highest BCUT2D eigenvalue weighted by atomic mass is 32.1. The second-order valence-corrected chi connectivity index (χ2v) is 8.92. The van der Waals surface area contributed by atoms with E-state index in [9.17, 15) is 0 Å². The average molecular weight is 469 g/mol. The number of benzene rings is 2. The summed E-state index contributed by atoms with van der Waals surface area (Å²) in [5.74, 6) is 1.55. The molecule has 0 radical (unpaired) electrons. The molecule has 4 heterocycles. The number of ether oxygens (including phenoxy) is 2. The third kappa shape index (κ3) is 3.31. The topological polar surface area (TPSA) is 51.6 Å². The van der Waals surface area contributed by atoms with Crippen molar-refractivity contribution < 1.29 is 9.47 Å². The van der Waals surface area contributed by atoms with E-state index in [-0.39, 0.29) is 18.9 Å². The highest BCUT2D eigenvalue weighted by molar-refractivity contribution is 7.80. The van der Waals surface area contributed by atoms with Crippen molar-refractivity contribution in [3.8, 4) is 17.2 Å². The van der Waals surface area contributed by atoms with E-state index in [1.54, 1.807) is 0 Å². The maximum atomic E-state index is 5.86. The summed E-state index contributed by atoms with van der Waals surface area (Å²) in [6.07, 6.45) is 1.83. The Labute approximate surface area is 203 Å². The summed E-state index contributed by atoms with van der Waals surface area (Å²) in [5, 5.41) is 4.24.